The van der Waals surface area contributed by atoms with E-state index in [1.54, 1.807) is 12.1 Å². The van der Waals surface area contributed by atoms with E-state index in [4.69, 9.17) is 4.89 Å². The quantitative estimate of drug-likeness (QED) is 0.845. The van der Waals surface area contributed by atoms with Crippen molar-refractivity contribution in [3.63, 3.8) is 0 Å². The molecule has 1 unspecified atom stereocenters. The maximum absolute atomic E-state index is 13.3. The van der Waals surface area contributed by atoms with Gasteiger partial charge in [0.25, 0.3) is 0 Å². The van der Waals surface area contributed by atoms with Gasteiger partial charge in [0.2, 0.25) is 0 Å². The number of rotatable bonds is 5. The zero-order valence-electron chi connectivity index (χ0n) is 10.4. The second-order valence-corrected chi connectivity index (χ2v) is 5.60. The summed E-state index contributed by atoms with van der Waals surface area (Å²) < 4.78 is 28.5. The predicted molar refractivity (Wildman–Crippen MR) is 68.7 cm³/mol. The third-order valence-electron chi connectivity index (χ3n) is 3.69. The first-order valence-electron chi connectivity index (χ1n) is 6.20. The van der Waals surface area contributed by atoms with Crippen molar-refractivity contribution in [1.29, 1.82) is 0 Å². The average Bonchev–Trinajstić information content (AvgIpc) is 2.86. The number of carbonyl (C=O) groups excluding carboxylic acids is 1. The van der Waals surface area contributed by atoms with Gasteiger partial charge in [-0.2, -0.15) is 0 Å². The van der Waals surface area contributed by atoms with Crippen LogP contribution in [0.2, 0.25) is 0 Å². The Kier molecular flexibility index (Phi) is 4.50. The van der Waals surface area contributed by atoms with Gasteiger partial charge in [-0.3, -0.25) is 9.36 Å². The number of halogens is 1. The average molecular weight is 286 g/mol. The van der Waals surface area contributed by atoms with E-state index in [9.17, 15) is 13.8 Å². The molecule has 2 rings (SSSR count). The molecule has 1 saturated carbocycles. The molecule has 0 heterocycles. The van der Waals surface area contributed by atoms with Gasteiger partial charge in [0, 0.05) is 0 Å². The molecule has 1 aliphatic carbocycles. The highest BCUT2D eigenvalue weighted by Crippen LogP contribution is 2.42. The van der Waals surface area contributed by atoms with Crippen LogP contribution >= 0.6 is 8.25 Å². The van der Waals surface area contributed by atoms with E-state index in [1.807, 2.05) is 0 Å². The van der Waals surface area contributed by atoms with E-state index in [0.717, 1.165) is 12.8 Å². The van der Waals surface area contributed by atoms with Crippen molar-refractivity contribution in [2.45, 2.75) is 31.1 Å². The van der Waals surface area contributed by atoms with Crippen molar-refractivity contribution in [3.05, 3.63) is 35.6 Å². The van der Waals surface area contributed by atoms with Gasteiger partial charge in [0.15, 0.2) is 5.78 Å². The van der Waals surface area contributed by atoms with Crippen molar-refractivity contribution < 1.29 is 23.2 Å². The fraction of sp³-hybridized carbons (Fsp3) is 0.462. The summed E-state index contributed by atoms with van der Waals surface area (Å²) in [4.78, 5) is 21.0. The highest BCUT2D eigenvalue weighted by Gasteiger charge is 2.42. The molecule has 1 aromatic carbocycles. The van der Waals surface area contributed by atoms with Crippen LogP contribution in [-0.2, 0) is 19.3 Å². The first-order chi connectivity index (χ1) is 9.04. The lowest BCUT2D eigenvalue weighted by Crippen LogP contribution is -2.35. The summed E-state index contributed by atoms with van der Waals surface area (Å²) >= 11 is 0. The molecule has 0 aromatic heterocycles. The Balaban J connectivity index is 2.27. The first-order valence-corrected chi connectivity index (χ1v) is 7.46. The number of Topliss-reactive ketones (excluding diaryl/α,β-unsaturated/α-hetero) is 1. The highest BCUT2D eigenvalue weighted by atomic mass is 31.1. The van der Waals surface area contributed by atoms with E-state index in [-0.39, 0.29) is 11.6 Å². The van der Waals surface area contributed by atoms with Gasteiger partial charge in [-0.15, -0.1) is 0 Å². The molecule has 4 nitrogen and oxygen atoms in total. The number of carbonyl (C=O) groups is 1. The number of ketones is 1. The maximum Gasteiger partial charge on any atom is 0.317 e. The predicted octanol–water partition coefficient (Wildman–Crippen LogP) is 2.61. The van der Waals surface area contributed by atoms with Crippen molar-refractivity contribution in [2.24, 2.45) is 0 Å². The van der Waals surface area contributed by atoms with E-state index in [0.29, 0.717) is 18.4 Å². The van der Waals surface area contributed by atoms with Crippen LogP contribution in [0.15, 0.2) is 24.3 Å². The van der Waals surface area contributed by atoms with Gasteiger partial charge in [0.05, 0.1) is 5.41 Å². The Morgan fingerprint density at radius 1 is 1.42 bits per heavy atom. The van der Waals surface area contributed by atoms with E-state index < -0.39 is 20.3 Å². The van der Waals surface area contributed by atoms with Crippen molar-refractivity contribution in [2.75, 3.05) is 6.61 Å². The Morgan fingerprint density at radius 2 is 2.11 bits per heavy atom. The molecule has 0 aliphatic heterocycles. The third kappa shape index (κ3) is 3.11. The summed E-state index contributed by atoms with van der Waals surface area (Å²) in [5.74, 6) is -0.628. The molecular weight excluding hydrogens is 270 g/mol. The molecule has 104 valence electrons. The zero-order valence-corrected chi connectivity index (χ0v) is 11.4. The van der Waals surface area contributed by atoms with Crippen LogP contribution in [0.3, 0.4) is 0 Å². The number of benzene rings is 1. The number of hydrogen-bond acceptors (Lipinski definition) is 3. The second-order valence-electron chi connectivity index (χ2n) is 4.78. The minimum Gasteiger partial charge on any atom is -0.326 e. The van der Waals surface area contributed by atoms with Crippen LogP contribution < -0.4 is 0 Å². The number of hydrogen-bond donors (Lipinski definition) is 1. The van der Waals surface area contributed by atoms with Gasteiger partial charge in [0.1, 0.15) is 12.4 Å². The molecule has 0 saturated heterocycles. The summed E-state index contributed by atoms with van der Waals surface area (Å²) in [6.07, 6.45) is 3.03. The molecule has 1 fully saturated rings. The van der Waals surface area contributed by atoms with Crippen LogP contribution in [0.1, 0.15) is 31.2 Å². The second kappa shape index (κ2) is 5.95. The maximum atomic E-state index is 13.3. The minimum atomic E-state index is -3.12. The van der Waals surface area contributed by atoms with E-state index in [2.05, 4.69) is 4.52 Å². The Morgan fingerprint density at radius 3 is 2.68 bits per heavy atom. The smallest absolute Gasteiger partial charge is 0.317 e. The molecule has 1 N–H and O–H groups in total. The lowest BCUT2D eigenvalue weighted by molar-refractivity contribution is -0.126. The summed E-state index contributed by atoms with van der Waals surface area (Å²) in [5, 5.41) is 0. The molecule has 1 aromatic rings. The molecule has 6 heteroatoms. The molecule has 19 heavy (non-hydrogen) atoms. The minimum absolute atomic E-state index is 0.247. The third-order valence-corrected chi connectivity index (χ3v) is 4.09. The lowest BCUT2D eigenvalue weighted by atomic mass is 9.75. The van der Waals surface area contributed by atoms with E-state index >= 15 is 0 Å². The zero-order chi connectivity index (χ0) is 13.9. The van der Waals surface area contributed by atoms with Crippen molar-refractivity contribution in [1.82, 2.24) is 0 Å². The first kappa shape index (κ1) is 14.4. The van der Waals surface area contributed by atoms with Crippen LogP contribution in [0, 0.1) is 5.82 Å². The standard InChI is InChI=1S/C13H16FO4P/c14-11-5-3-4-10(8-11)13(6-1-2-7-13)12(15)9-18-19(16)17/h3-5,8,19H,1-2,6-7,9H2,(H,16,17). The normalized spacial score (nSPS) is 19.3. The van der Waals surface area contributed by atoms with E-state index in [1.165, 1.54) is 12.1 Å². The van der Waals surface area contributed by atoms with Gasteiger partial charge in [-0.05, 0) is 30.5 Å². The largest absolute Gasteiger partial charge is 0.326 e. The fourth-order valence-electron chi connectivity index (χ4n) is 2.76. The van der Waals surface area contributed by atoms with Crippen LogP contribution in [-0.4, -0.2) is 17.3 Å². The molecular formula is C13H16FO4P. The van der Waals surface area contributed by atoms with Crippen LogP contribution in [0.25, 0.3) is 0 Å². The summed E-state index contributed by atoms with van der Waals surface area (Å²) in [5.41, 5.74) is -0.129. The molecule has 0 spiro atoms. The van der Waals surface area contributed by atoms with Gasteiger partial charge >= 0.3 is 8.25 Å². The SMILES string of the molecule is O=C(CO[PH](=O)O)C1(c2cccc(F)c2)CCCC1. The Labute approximate surface area is 111 Å². The van der Waals surface area contributed by atoms with Crippen LogP contribution in [0.5, 0.6) is 0 Å². The monoisotopic (exact) mass is 286 g/mol. The summed E-state index contributed by atoms with van der Waals surface area (Å²) in [7, 11) is -3.12. The molecule has 0 amide bonds. The van der Waals surface area contributed by atoms with Gasteiger partial charge < -0.3 is 9.42 Å². The molecule has 1 atom stereocenters. The Bertz CT molecular complexity index is 497. The summed E-state index contributed by atoms with van der Waals surface area (Å²) in [6, 6.07) is 6.01. The summed E-state index contributed by atoms with van der Waals surface area (Å²) in [6.45, 7) is -0.398. The molecule has 0 radical (unpaired) electrons. The van der Waals surface area contributed by atoms with Crippen molar-refractivity contribution >= 4 is 14.0 Å². The van der Waals surface area contributed by atoms with Crippen LogP contribution in [0.4, 0.5) is 4.39 Å². The molecule has 1 aliphatic rings. The van der Waals surface area contributed by atoms with Gasteiger partial charge in [-0.1, -0.05) is 25.0 Å². The topological polar surface area (TPSA) is 63.6 Å². The molecule has 0 bridgehead atoms. The lowest BCUT2D eigenvalue weighted by Gasteiger charge is -2.27. The highest BCUT2D eigenvalue weighted by molar-refractivity contribution is 7.32. The Hall–Kier alpha value is -1.03. The fourth-order valence-corrected chi connectivity index (χ4v) is 3.01. The van der Waals surface area contributed by atoms with Crippen molar-refractivity contribution in [3.8, 4) is 0 Å². The van der Waals surface area contributed by atoms with Gasteiger partial charge in [-0.25, -0.2) is 4.39 Å².